The first-order valence-corrected chi connectivity index (χ1v) is 19.8. The Labute approximate surface area is 314 Å². The number of nitriles is 2. The number of unbranched alkanes of at least 4 members (excludes halogenated alkanes) is 12. The monoisotopic (exact) mass is 717 g/mol. The van der Waals surface area contributed by atoms with Crippen molar-refractivity contribution in [1.29, 1.82) is 10.5 Å². The van der Waals surface area contributed by atoms with E-state index in [1.165, 1.54) is 82.8 Å². The van der Waals surface area contributed by atoms with E-state index in [9.17, 15) is 9.59 Å². The molecule has 0 heterocycles. The van der Waals surface area contributed by atoms with Crippen molar-refractivity contribution >= 4 is 11.9 Å². The van der Waals surface area contributed by atoms with Crippen LogP contribution in [0.4, 0.5) is 0 Å². The van der Waals surface area contributed by atoms with Gasteiger partial charge in [-0.1, -0.05) is 105 Å². The van der Waals surface area contributed by atoms with Crippen LogP contribution in [-0.2, 0) is 19.1 Å². The minimum Gasteiger partial charge on any atom is -0.462 e. The number of nitrogens with zero attached hydrogens (tertiary/aromatic N) is 4. The van der Waals surface area contributed by atoms with Crippen molar-refractivity contribution in [2.24, 2.45) is 0 Å². The lowest BCUT2D eigenvalue weighted by molar-refractivity contribution is -0.139. The summed E-state index contributed by atoms with van der Waals surface area (Å²) < 4.78 is 9.88. The molecule has 0 amide bonds. The molecule has 0 aliphatic rings. The second-order valence-electron chi connectivity index (χ2n) is 11.3. The quantitative estimate of drug-likeness (QED) is 0.0306. The third kappa shape index (κ3) is 39.1. The van der Waals surface area contributed by atoms with E-state index in [0.29, 0.717) is 13.2 Å². The van der Waals surface area contributed by atoms with Crippen molar-refractivity contribution in [1.82, 2.24) is 9.80 Å². The number of carbonyl (C=O) groups is 2. The molecule has 9 nitrogen and oxygen atoms in total. The Kier molecular flexibility index (Phi) is 49.4. The predicted molar refractivity (Wildman–Crippen MR) is 214 cm³/mol. The Morgan fingerprint density at radius 3 is 1.25 bits per heavy atom. The summed E-state index contributed by atoms with van der Waals surface area (Å²) in [5.74, 6) is -1.10. The summed E-state index contributed by atoms with van der Waals surface area (Å²) in [4.78, 5) is 27.2. The number of rotatable bonds is 26. The fourth-order valence-electron chi connectivity index (χ4n) is 4.27. The smallest absolute Gasteiger partial charge is 0.348 e. The summed E-state index contributed by atoms with van der Waals surface area (Å²) >= 11 is 0. The van der Waals surface area contributed by atoms with Gasteiger partial charge in [0.05, 0.1) is 13.2 Å². The molecule has 0 fully saturated rings. The molecule has 0 aromatic heterocycles. The molecular weight excluding hydrogens is 640 g/mol. The molecule has 0 bridgehead atoms. The van der Waals surface area contributed by atoms with Crippen molar-refractivity contribution in [3.05, 3.63) is 47.9 Å². The van der Waals surface area contributed by atoms with Crippen LogP contribution in [0.25, 0.3) is 0 Å². The van der Waals surface area contributed by atoms with E-state index >= 15 is 0 Å². The molecule has 51 heavy (non-hydrogen) atoms. The maximum absolute atomic E-state index is 11.8. The van der Waals surface area contributed by atoms with Crippen molar-refractivity contribution < 1.29 is 24.2 Å². The molecule has 0 saturated heterocycles. The van der Waals surface area contributed by atoms with Crippen LogP contribution in [0.2, 0.25) is 0 Å². The highest BCUT2D eigenvalue weighted by molar-refractivity contribution is 5.93. The Morgan fingerprint density at radius 1 is 0.569 bits per heavy atom. The van der Waals surface area contributed by atoms with Crippen LogP contribution in [-0.4, -0.2) is 72.8 Å². The van der Waals surface area contributed by atoms with Gasteiger partial charge in [-0.25, -0.2) is 9.59 Å². The molecule has 0 aliphatic heterocycles. The van der Waals surface area contributed by atoms with Gasteiger partial charge >= 0.3 is 11.9 Å². The number of hydrogen-bond donors (Lipinski definition) is 1. The number of aliphatic hydroxyl groups excluding tert-OH is 1. The summed E-state index contributed by atoms with van der Waals surface area (Å²) in [5, 5.41) is 26.2. The number of carbonyl (C=O) groups excluding carboxylic acids is 2. The molecule has 0 unspecified atom stereocenters. The molecule has 9 heteroatoms. The van der Waals surface area contributed by atoms with E-state index < -0.39 is 11.9 Å². The molecule has 294 valence electrons. The highest BCUT2D eigenvalue weighted by atomic mass is 16.5. The van der Waals surface area contributed by atoms with Crippen LogP contribution in [0.15, 0.2) is 47.9 Å². The maximum Gasteiger partial charge on any atom is 0.348 e. The third-order valence-electron chi connectivity index (χ3n) is 7.44. The zero-order chi connectivity index (χ0) is 39.4. The lowest BCUT2D eigenvalue weighted by Crippen LogP contribution is -2.15. The molecule has 0 aromatic rings. The second kappa shape index (κ2) is 46.4. The van der Waals surface area contributed by atoms with E-state index in [-0.39, 0.29) is 17.8 Å². The number of aliphatic hydroxyl groups is 1. The predicted octanol–water partition coefficient (Wildman–Crippen LogP) is 10.2. The molecule has 0 saturated carbocycles. The van der Waals surface area contributed by atoms with Gasteiger partial charge in [0.15, 0.2) is 0 Å². The van der Waals surface area contributed by atoms with E-state index in [4.69, 9.17) is 25.1 Å². The largest absolute Gasteiger partial charge is 0.462 e. The van der Waals surface area contributed by atoms with Gasteiger partial charge in [0, 0.05) is 32.8 Å². The van der Waals surface area contributed by atoms with Crippen molar-refractivity contribution in [2.45, 2.75) is 152 Å². The van der Waals surface area contributed by atoms with Crippen LogP contribution in [0.3, 0.4) is 0 Å². The number of hydrogen-bond acceptors (Lipinski definition) is 9. The van der Waals surface area contributed by atoms with Crippen molar-refractivity contribution in [2.75, 3.05) is 46.0 Å². The zero-order valence-corrected chi connectivity index (χ0v) is 34.2. The van der Waals surface area contributed by atoms with E-state index in [0.717, 1.165) is 45.4 Å². The minimum absolute atomic E-state index is 0.0188. The van der Waals surface area contributed by atoms with Crippen LogP contribution >= 0.6 is 0 Å². The summed E-state index contributed by atoms with van der Waals surface area (Å²) in [7, 11) is 0. The van der Waals surface area contributed by atoms with Gasteiger partial charge in [-0.15, -0.1) is 0 Å². The van der Waals surface area contributed by atoms with Crippen molar-refractivity contribution in [3.63, 3.8) is 0 Å². The standard InChI is InChI=1S/C19H32N2O2.C12H18N2O2.C9H20O.C2H6/c1-4-7-8-9-10-11-12-16-23-19(22)18(17-20)14-13-15-21(5-2)6-3;1-4-14(5-2)9-7-8-11(10-13)12(15)16-6-3;1-2-3-4-5-6-7-8-9-10;1-2/h13-15H,4-12,16H2,1-3H3;7-9H,4-6H2,1-3H3;10H,2-9H2,1H3;1-2H3/b15-13+,18-14+;9-7+,11-8+;;. The first-order valence-electron chi connectivity index (χ1n) is 19.8. The summed E-state index contributed by atoms with van der Waals surface area (Å²) in [6, 6.07) is 3.72. The average molecular weight is 717 g/mol. The fourth-order valence-corrected chi connectivity index (χ4v) is 4.27. The molecule has 0 aromatic carbocycles. The Morgan fingerprint density at radius 2 is 0.922 bits per heavy atom. The van der Waals surface area contributed by atoms with Gasteiger partial charge in [-0.05, 0) is 84.2 Å². The topological polar surface area (TPSA) is 127 Å². The first-order chi connectivity index (χ1) is 24.8. The van der Waals surface area contributed by atoms with Gasteiger partial charge in [0.1, 0.15) is 23.3 Å². The summed E-state index contributed by atoms with van der Waals surface area (Å²) in [6.07, 6.45) is 27.3. The summed E-state index contributed by atoms with van der Waals surface area (Å²) in [5.41, 5.74) is 0.0709. The van der Waals surface area contributed by atoms with Crippen LogP contribution < -0.4 is 0 Å². The van der Waals surface area contributed by atoms with Crippen LogP contribution in [0.1, 0.15) is 152 Å². The summed E-state index contributed by atoms with van der Waals surface area (Å²) in [6.45, 7) is 22.9. The highest BCUT2D eigenvalue weighted by Gasteiger charge is 2.09. The third-order valence-corrected chi connectivity index (χ3v) is 7.44. The SMILES string of the molecule is CC.CCCCCCCCCO.CCCCCCCCCOC(=O)/C(C#N)=C/C=C/N(CC)CC.CCOC(=O)/C(C#N)=C/C=C/N(CC)CC. The second-order valence-corrected chi connectivity index (χ2v) is 11.3. The number of esters is 2. The van der Waals surface area contributed by atoms with Gasteiger partial charge in [-0.2, -0.15) is 10.5 Å². The van der Waals surface area contributed by atoms with Crippen LogP contribution in [0.5, 0.6) is 0 Å². The Hall–Kier alpha value is -3.56. The lowest BCUT2D eigenvalue weighted by atomic mass is 10.1. The van der Waals surface area contributed by atoms with E-state index in [1.54, 1.807) is 19.1 Å². The molecular formula is C42H76N4O5. The minimum atomic E-state index is -0.575. The first kappa shape index (κ1) is 54.2. The molecule has 0 atom stereocenters. The van der Waals surface area contributed by atoms with Gasteiger partial charge in [0.2, 0.25) is 0 Å². The van der Waals surface area contributed by atoms with Gasteiger partial charge in [-0.3, -0.25) is 0 Å². The van der Waals surface area contributed by atoms with E-state index in [1.807, 2.05) is 52.2 Å². The molecule has 0 spiro atoms. The molecule has 1 N–H and O–H groups in total. The lowest BCUT2D eigenvalue weighted by Gasteiger charge is -2.13. The molecule has 0 rings (SSSR count). The molecule has 0 aliphatic carbocycles. The number of allylic oxidation sites excluding steroid dienone is 4. The highest BCUT2D eigenvalue weighted by Crippen LogP contribution is 2.08. The van der Waals surface area contributed by atoms with Crippen molar-refractivity contribution in [3.8, 4) is 12.1 Å². The molecule has 0 radical (unpaired) electrons. The van der Waals surface area contributed by atoms with E-state index in [2.05, 4.69) is 37.5 Å². The average Bonchev–Trinajstić information content (AvgIpc) is 3.15. The Bertz CT molecular complexity index is 976. The zero-order valence-electron chi connectivity index (χ0n) is 34.2. The number of ether oxygens (including phenoxy) is 2. The Balaban J connectivity index is -0.000000342. The van der Waals surface area contributed by atoms with Gasteiger partial charge in [0.25, 0.3) is 0 Å². The van der Waals surface area contributed by atoms with Crippen LogP contribution in [0, 0.1) is 22.7 Å². The maximum atomic E-state index is 11.8. The normalized spacial score (nSPS) is 10.8. The fraction of sp³-hybridized carbons (Fsp3) is 0.714. The van der Waals surface area contributed by atoms with Gasteiger partial charge < -0.3 is 24.4 Å².